The molecule has 19 heavy (non-hydrogen) atoms. The Kier molecular flexibility index (Phi) is 4.30. The van der Waals surface area contributed by atoms with Gasteiger partial charge < -0.3 is 5.32 Å². The average molecular weight is 264 g/mol. The molecule has 0 amide bonds. The van der Waals surface area contributed by atoms with Crippen molar-refractivity contribution >= 4 is 16.6 Å². The Bertz CT molecular complexity index is 582. The number of fused-ring (bicyclic) bond motifs is 1. The molecule has 2 rings (SSSR count). The molecular formula is C15H18F2N2. The summed E-state index contributed by atoms with van der Waals surface area (Å²) in [5.74, 6) is -1.16. The van der Waals surface area contributed by atoms with Gasteiger partial charge in [0, 0.05) is 30.1 Å². The Balaban J connectivity index is 2.60. The standard InChI is InChI=1S/C15H18F2N2/c1-3-5-11-9-13(18-6-4-2)15-12(17)7-10(16)8-14(15)19-11/h7-9H,3-6H2,1-2H3,(H,18,19). The second-order valence-electron chi connectivity index (χ2n) is 4.62. The van der Waals surface area contributed by atoms with Crippen molar-refractivity contribution in [2.24, 2.45) is 0 Å². The molecule has 0 bridgehead atoms. The molecule has 0 atom stereocenters. The van der Waals surface area contributed by atoms with E-state index < -0.39 is 11.6 Å². The molecule has 1 aromatic carbocycles. The van der Waals surface area contributed by atoms with Crippen molar-refractivity contribution in [2.45, 2.75) is 33.1 Å². The Hall–Kier alpha value is -1.71. The third-order valence-electron chi connectivity index (χ3n) is 2.95. The second-order valence-corrected chi connectivity index (χ2v) is 4.62. The fourth-order valence-corrected chi connectivity index (χ4v) is 2.12. The van der Waals surface area contributed by atoms with Crippen molar-refractivity contribution in [3.63, 3.8) is 0 Å². The molecule has 2 aromatic rings. The second kappa shape index (κ2) is 5.95. The van der Waals surface area contributed by atoms with Crippen molar-refractivity contribution in [1.82, 2.24) is 4.98 Å². The van der Waals surface area contributed by atoms with E-state index in [4.69, 9.17) is 0 Å². The number of anilines is 1. The molecule has 0 radical (unpaired) electrons. The van der Waals surface area contributed by atoms with E-state index >= 15 is 0 Å². The highest BCUT2D eigenvalue weighted by Crippen LogP contribution is 2.27. The molecule has 4 heteroatoms. The van der Waals surface area contributed by atoms with Crippen LogP contribution in [0.25, 0.3) is 10.9 Å². The van der Waals surface area contributed by atoms with Crippen LogP contribution in [0.5, 0.6) is 0 Å². The lowest BCUT2D eigenvalue weighted by atomic mass is 10.1. The van der Waals surface area contributed by atoms with Gasteiger partial charge in [-0.3, -0.25) is 4.98 Å². The number of hydrogen-bond acceptors (Lipinski definition) is 2. The number of hydrogen-bond donors (Lipinski definition) is 1. The Morgan fingerprint density at radius 3 is 2.58 bits per heavy atom. The van der Waals surface area contributed by atoms with E-state index in [-0.39, 0.29) is 0 Å². The van der Waals surface area contributed by atoms with Gasteiger partial charge in [0.15, 0.2) is 0 Å². The molecule has 0 aliphatic heterocycles. The zero-order chi connectivity index (χ0) is 13.8. The van der Waals surface area contributed by atoms with Crippen molar-refractivity contribution in [3.8, 4) is 0 Å². The first-order valence-corrected chi connectivity index (χ1v) is 6.68. The predicted octanol–water partition coefficient (Wildman–Crippen LogP) is 4.29. The van der Waals surface area contributed by atoms with Crippen LogP contribution in [-0.2, 0) is 6.42 Å². The molecule has 0 saturated carbocycles. The van der Waals surface area contributed by atoms with Crippen molar-refractivity contribution < 1.29 is 8.78 Å². The number of nitrogens with one attached hydrogen (secondary N) is 1. The normalized spacial score (nSPS) is 10.9. The van der Waals surface area contributed by atoms with Gasteiger partial charge in [-0.05, 0) is 18.9 Å². The number of aryl methyl sites for hydroxylation is 1. The van der Waals surface area contributed by atoms with Gasteiger partial charge in [0.25, 0.3) is 0 Å². The Labute approximate surface area is 111 Å². The molecule has 0 unspecified atom stereocenters. The third kappa shape index (κ3) is 3.00. The lowest BCUT2D eigenvalue weighted by Gasteiger charge is -2.12. The number of aromatic nitrogens is 1. The molecule has 0 spiro atoms. The van der Waals surface area contributed by atoms with Crippen LogP contribution in [0.2, 0.25) is 0 Å². The Morgan fingerprint density at radius 2 is 1.89 bits per heavy atom. The van der Waals surface area contributed by atoms with Crippen LogP contribution in [0, 0.1) is 11.6 Å². The predicted molar refractivity (Wildman–Crippen MR) is 74.4 cm³/mol. The van der Waals surface area contributed by atoms with Crippen LogP contribution in [0.15, 0.2) is 18.2 Å². The van der Waals surface area contributed by atoms with Gasteiger partial charge in [0.2, 0.25) is 0 Å². The molecule has 0 aliphatic carbocycles. The van der Waals surface area contributed by atoms with Crippen LogP contribution < -0.4 is 5.32 Å². The maximum Gasteiger partial charge on any atom is 0.137 e. The van der Waals surface area contributed by atoms with Gasteiger partial charge in [-0.25, -0.2) is 8.78 Å². The minimum atomic E-state index is -0.590. The molecule has 0 fully saturated rings. The Morgan fingerprint density at radius 1 is 1.11 bits per heavy atom. The fourth-order valence-electron chi connectivity index (χ4n) is 2.12. The summed E-state index contributed by atoms with van der Waals surface area (Å²) in [4.78, 5) is 4.34. The minimum Gasteiger partial charge on any atom is -0.384 e. The first-order valence-electron chi connectivity index (χ1n) is 6.68. The van der Waals surface area contributed by atoms with Gasteiger partial charge in [0.1, 0.15) is 11.6 Å². The highest BCUT2D eigenvalue weighted by Gasteiger charge is 2.11. The molecule has 1 aromatic heterocycles. The highest BCUT2D eigenvalue weighted by atomic mass is 19.1. The van der Waals surface area contributed by atoms with E-state index in [1.54, 1.807) is 0 Å². The van der Waals surface area contributed by atoms with Crippen LogP contribution in [0.1, 0.15) is 32.4 Å². The van der Waals surface area contributed by atoms with Crippen LogP contribution in [0.3, 0.4) is 0 Å². The van der Waals surface area contributed by atoms with E-state index in [0.29, 0.717) is 16.6 Å². The average Bonchev–Trinajstić information content (AvgIpc) is 2.35. The maximum absolute atomic E-state index is 13.9. The summed E-state index contributed by atoms with van der Waals surface area (Å²) < 4.78 is 27.2. The zero-order valence-electron chi connectivity index (χ0n) is 11.3. The topological polar surface area (TPSA) is 24.9 Å². The van der Waals surface area contributed by atoms with Crippen molar-refractivity contribution in [2.75, 3.05) is 11.9 Å². The highest BCUT2D eigenvalue weighted by molar-refractivity contribution is 5.92. The first kappa shape index (κ1) is 13.7. The molecular weight excluding hydrogens is 246 g/mol. The van der Waals surface area contributed by atoms with Crippen molar-refractivity contribution in [3.05, 3.63) is 35.5 Å². The summed E-state index contributed by atoms with van der Waals surface area (Å²) in [6, 6.07) is 4.05. The van der Waals surface area contributed by atoms with Gasteiger partial charge in [-0.2, -0.15) is 0 Å². The fraction of sp³-hybridized carbons (Fsp3) is 0.400. The van der Waals surface area contributed by atoms with E-state index in [1.807, 2.05) is 13.0 Å². The SMILES string of the molecule is CCCNc1cc(CCC)nc2cc(F)cc(F)c12. The molecule has 2 nitrogen and oxygen atoms in total. The number of pyridine rings is 1. The van der Waals surface area contributed by atoms with E-state index in [0.717, 1.165) is 37.6 Å². The van der Waals surface area contributed by atoms with E-state index in [1.165, 1.54) is 6.07 Å². The molecule has 1 N–H and O–H groups in total. The van der Waals surface area contributed by atoms with Crippen LogP contribution in [-0.4, -0.2) is 11.5 Å². The molecule has 102 valence electrons. The maximum atomic E-state index is 13.9. The van der Waals surface area contributed by atoms with Gasteiger partial charge in [-0.15, -0.1) is 0 Å². The van der Waals surface area contributed by atoms with Gasteiger partial charge in [-0.1, -0.05) is 20.3 Å². The summed E-state index contributed by atoms with van der Waals surface area (Å²) in [6.07, 6.45) is 2.69. The number of nitrogens with zero attached hydrogens (tertiary/aromatic N) is 1. The molecule has 1 heterocycles. The zero-order valence-corrected chi connectivity index (χ0v) is 11.3. The van der Waals surface area contributed by atoms with E-state index in [2.05, 4.69) is 17.2 Å². The monoisotopic (exact) mass is 264 g/mol. The number of halogens is 2. The lowest BCUT2D eigenvalue weighted by Crippen LogP contribution is -2.04. The van der Waals surface area contributed by atoms with E-state index in [9.17, 15) is 8.78 Å². The summed E-state index contributed by atoms with van der Waals surface area (Å²) in [6.45, 7) is 4.85. The van der Waals surface area contributed by atoms with Crippen LogP contribution >= 0.6 is 0 Å². The number of benzene rings is 1. The summed E-state index contributed by atoms with van der Waals surface area (Å²) in [7, 11) is 0. The minimum absolute atomic E-state index is 0.370. The largest absolute Gasteiger partial charge is 0.384 e. The molecule has 0 aliphatic rings. The van der Waals surface area contributed by atoms with Crippen LogP contribution in [0.4, 0.5) is 14.5 Å². The summed E-state index contributed by atoms with van der Waals surface area (Å²) >= 11 is 0. The van der Waals surface area contributed by atoms with Crippen molar-refractivity contribution in [1.29, 1.82) is 0 Å². The summed E-state index contributed by atoms with van der Waals surface area (Å²) in [5.41, 5.74) is 1.94. The van der Waals surface area contributed by atoms with Gasteiger partial charge in [0.05, 0.1) is 10.9 Å². The first-order chi connectivity index (χ1) is 9.15. The third-order valence-corrected chi connectivity index (χ3v) is 2.95. The quantitative estimate of drug-likeness (QED) is 0.871. The number of rotatable bonds is 5. The molecule has 0 saturated heterocycles. The van der Waals surface area contributed by atoms with Gasteiger partial charge >= 0.3 is 0 Å². The summed E-state index contributed by atoms with van der Waals surface area (Å²) in [5, 5.41) is 3.56. The smallest absolute Gasteiger partial charge is 0.137 e. The lowest BCUT2D eigenvalue weighted by molar-refractivity contribution is 0.591.